The molecule has 2 N–H and O–H groups in total. The zero-order valence-electron chi connectivity index (χ0n) is 11.3. The smallest absolute Gasteiger partial charge is 0.130 e. The van der Waals surface area contributed by atoms with E-state index in [0.717, 1.165) is 36.3 Å². The Balaban J connectivity index is 2.63. The SMILES string of the molecule is CCCNCc1cc(Br)cnc1NCC(C)OC. The van der Waals surface area contributed by atoms with E-state index in [9.17, 15) is 0 Å². The predicted molar refractivity (Wildman–Crippen MR) is 78.9 cm³/mol. The van der Waals surface area contributed by atoms with Crippen LogP contribution < -0.4 is 10.6 Å². The molecule has 1 atom stereocenters. The van der Waals surface area contributed by atoms with Crippen LogP contribution >= 0.6 is 15.9 Å². The second-order valence-corrected chi connectivity index (χ2v) is 5.18. The Morgan fingerprint density at radius 1 is 1.50 bits per heavy atom. The zero-order chi connectivity index (χ0) is 13.4. The van der Waals surface area contributed by atoms with E-state index in [1.54, 1.807) is 7.11 Å². The monoisotopic (exact) mass is 315 g/mol. The largest absolute Gasteiger partial charge is 0.380 e. The molecule has 4 nitrogen and oxygen atoms in total. The molecule has 0 aliphatic carbocycles. The highest BCUT2D eigenvalue weighted by molar-refractivity contribution is 9.10. The van der Waals surface area contributed by atoms with Gasteiger partial charge in [0.2, 0.25) is 0 Å². The first-order valence-corrected chi connectivity index (χ1v) is 7.08. The fourth-order valence-corrected chi connectivity index (χ4v) is 1.88. The van der Waals surface area contributed by atoms with E-state index in [1.165, 1.54) is 5.56 Å². The summed E-state index contributed by atoms with van der Waals surface area (Å²) in [4.78, 5) is 4.41. The molecule has 102 valence electrons. The molecule has 1 aromatic rings. The molecule has 0 aliphatic rings. The molecule has 0 saturated heterocycles. The van der Waals surface area contributed by atoms with E-state index in [1.807, 2.05) is 13.1 Å². The van der Waals surface area contributed by atoms with Crippen LogP contribution in [0.1, 0.15) is 25.8 Å². The van der Waals surface area contributed by atoms with Gasteiger partial charge in [-0.2, -0.15) is 0 Å². The van der Waals surface area contributed by atoms with Crippen LogP contribution in [0, 0.1) is 0 Å². The van der Waals surface area contributed by atoms with E-state index in [2.05, 4.69) is 44.5 Å². The van der Waals surface area contributed by atoms with Crippen LogP contribution in [0.4, 0.5) is 5.82 Å². The van der Waals surface area contributed by atoms with E-state index in [-0.39, 0.29) is 6.10 Å². The molecule has 0 aromatic carbocycles. The average Bonchev–Trinajstić information content (AvgIpc) is 2.37. The number of rotatable bonds is 8. The first-order chi connectivity index (χ1) is 8.67. The molecule has 0 spiro atoms. The minimum atomic E-state index is 0.173. The van der Waals surface area contributed by atoms with Crippen molar-refractivity contribution in [2.24, 2.45) is 0 Å². The van der Waals surface area contributed by atoms with Crippen LogP contribution in [-0.4, -0.2) is 31.3 Å². The zero-order valence-corrected chi connectivity index (χ0v) is 12.9. The van der Waals surface area contributed by atoms with Gasteiger partial charge in [0.15, 0.2) is 0 Å². The molecule has 0 bridgehead atoms. The van der Waals surface area contributed by atoms with Gasteiger partial charge in [-0.25, -0.2) is 4.98 Å². The lowest BCUT2D eigenvalue weighted by molar-refractivity contribution is 0.128. The van der Waals surface area contributed by atoms with Crippen molar-refractivity contribution in [1.82, 2.24) is 10.3 Å². The number of ether oxygens (including phenoxy) is 1. The van der Waals surface area contributed by atoms with Crippen molar-refractivity contribution in [2.45, 2.75) is 32.9 Å². The van der Waals surface area contributed by atoms with Gasteiger partial charge in [0, 0.05) is 36.4 Å². The van der Waals surface area contributed by atoms with E-state index >= 15 is 0 Å². The maximum Gasteiger partial charge on any atom is 0.130 e. The molecule has 1 heterocycles. The fraction of sp³-hybridized carbons (Fsp3) is 0.615. The Bertz CT molecular complexity index is 360. The van der Waals surface area contributed by atoms with Crippen molar-refractivity contribution < 1.29 is 4.74 Å². The predicted octanol–water partition coefficient (Wildman–Crippen LogP) is 2.79. The third-order valence-corrected chi connectivity index (χ3v) is 3.07. The van der Waals surface area contributed by atoms with Crippen LogP contribution in [0.25, 0.3) is 0 Å². The number of nitrogens with zero attached hydrogens (tertiary/aromatic N) is 1. The van der Waals surface area contributed by atoms with Crippen LogP contribution in [-0.2, 0) is 11.3 Å². The number of nitrogens with one attached hydrogen (secondary N) is 2. The Kier molecular flexibility index (Phi) is 7.23. The summed E-state index contributed by atoms with van der Waals surface area (Å²) >= 11 is 3.46. The lowest BCUT2D eigenvalue weighted by Crippen LogP contribution is -2.21. The highest BCUT2D eigenvalue weighted by atomic mass is 79.9. The Hall–Kier alpha value is -0.650. The molecular weight excluding hydrogens is 294 g/mol. The standard InChI is InChI=1S/C13H22BrN3O/c1-4-5-15-8-11-6-12(14)9-17-13(11)16-7-10(2)18-3/h6,9-10,15H,4-5,7-8H2,1-3H3,(H,16,17). The fourth-order valence-electron chi connectivity index (χ4n) is 1.50. The van der Waals surface area contributed by atoms with Crippen LogP contribution in [0.3, 0.4) is 0 Å². The Labute approximate surface area is 118 Å². The minimum absolute atomic E-state index is 0.173. The van der Waals surface area contributed by atoms with Gasteiger partial charge in [0.1, 0.15) is 5.82 Å². The normalized spacial score (nSPS) is 12.4. The topological polar surface area (TPSA) is 46.2 Å². The van der Waals surface area contributed by atoms with Gasteiger partial charge < -0.3 is 15.4 Å². The van der Waals surface area contributed by atoms with Crippen LogP contribution in [0.15, 0.2) is 16.7 Å². The maximum atomic E-state index is 5.22. The minimum Gasteiger partial charge on any atom is -0.380 e. The number of aromatic nitrogens is 1. The molecule has 0 saturated carbocycles. The molecule has 18 heavy (non-hydrogen) atoms. The Morgan fingerprint density at radius 3 is 2.94 bits per heavy atom. The summed E-state index contributed by atoms with van der Waals surface area (Å²) in [5, 5.41) is 6.71. The van der Waals surface area contributed by atoms with Crippen LogP contribution in [0.2, 0.25) is 0 Å². The van der Waals surface area contributed by atoms with Crippen molar-refractivity contribution >= 4 is 21.7 Å². The lowest BCUT2D eigenvalue weighted by atomic mass is 10.2. The second kappa shape index (κ2) is 8.45. The third kappa shape index (κ3) is 5.33. The second-order valence-electron chi connectivity index (χ2n) is 4.27. The molecule has 1 aromatic heterocycles. The first kappa shape index (κ1) is 15.4. The molecule has 0 radical (unpaired) electrons. The highest BCUT2D eigenvalue weighted by Crippen LogP contribution is 2.18. The molecular formula is C13H22BrN3O. The summed E-state index contributed by atoms with van der Waals surface area (Å²) in [6.07, 6.45) is 3.11. The van der Waals surface area contributed by atoms with E-state index in [4.69, 9.17) is 4.74 Å². The first-order valence-electron chi connectivity index (χ1n) is 6.29. The number of hydrogen-bond acceptors (Lipinski definition) is 4. The number of halogens is 1. The van der Waals surface area contributed by atoms with Crippen molar-refractivity contribution in [2.75, 3.05) is 25.5 Å². The van der Waals surface area contributed by atoms with Crippen molar-refractivity contribution in [3.63, 3.8) is 0 Å². The van der Waals surface area contributed by atoms with E-state index < -0.39 is 0 Å². The lowest BCUT2D eigenvalue weighted by Gasteiger charge is -2.15. The van der Waals surface area contributed by atoms with Gasteiger partial charge in [-0.15, -0.1) is 0 Å². The van der Waals surface area contributed by atoms with Crippen molar-refractivity contribution in [1.29, 1.82) is 0 Å². The number of anilines is 1. The summed E-state index contributed by atoms with van der Waals surface area (Å²) < 4.78 is 6.22. The van der Waals surface area contributed by atoms with Crippen molar-refractivity contribution in [3.05, 3.63) is 22.3 Å². The average molecular weight is 316 g/mol. The Morgan fingerprint density at radius 2 is 2.28 bits per heavy atom. The molecule has 0 aliphatic heterocycles. The van der Waals surface area contributed by atoms with Crippen molar-refractivity contribution in [3.8, 4) is 0 Å². The quantitative estimate of drug-likeness (QED) is 0.724. The van der Waals surface area contributed by atoms with Gasteiger partial charge in [-0.3, -0.25) is 0 Å². The molecule has 0 fully saturated rings. The third-order valence-electron chi connectivity index (χ3n) is 2.63. The summed E-state index contributed by atoms with van der Waals surface area (Å²) in [5.41, 5.74) is 1.17. The summed E-state index contributed by atoms with van der Waals surface area (Å²) in [6.45, 7) is 6.78. The highest BCUT2D eigenvalue weighted by Gasteiger charge is 2.06. The van der Waals surface area contributed by atoms with E-state index in [0.29, 0.717) is 0 Å². The number of pyridine rings is 1. The number of hydrogen-bond donors (Lipinski definition) is 2. The van der Waals surface area contributed by atoms with Gasteiger partial charge in [-0.1, -0.05) is 6.92 Å². The molecule has 1 rings (SSSR count). The summed E-state index contributed by atoms with van der Waals surface area (Å²) in [6, 6.07) is 2.09. The van der Waals surface area contributed by atoms with Gasteiger partial charge in [0.25, 0.3) is 0 Å². The van der Waals surface area contributed by atoms with Gasteiger partial charge >= 0.3 is 0 Å². The number of methoxy groups -OCH3 is 1. The van der Waals surface area contributed by atoms with Crippen LogP contribution in [0.5, 0.6) is 0 Å². The summed E-state index contributed by atoms with van der Waals surface area (Å²) in [7, 11) is 1.71. The summed E-state index contributed by atoms with van der Waals surface area (Å²) in [5.74, 6) is 0.922. The van der Waals surface area contributed by atoms with Gasteiger partial charge in [0.05, 0.1) is 6.10 Å². The molecule has 0 amide bonds. The van der Waals surface area contributed by atoms with Gasteiger partial charge in [-0.05, 0) is 41.9 Å². The maximum absolute atomic E-state index is 5.22. The molecule has 5 heteroatoms. The molecule has 1 unspecified atom stereocenters.